The van der Waals surface area contributed by atoms with Gasteiger partial charge in [0.15, 0.2) is 0 Å². The Hall–Kier alpha value is -2.79. The fraction of sp³-hybridized carbons (Fsp3) is 0.100. The highest BCUT2D eigenvalue weighted by Gasteiger charge is 2.10. The Morgan fingerprint density at radius 1 is 1.00 bits per heavy atom. The van der Waals surface area contributed by atoms with E-state index in [0.717, 1.165) is 26.5 Å². The summed E-state index contributed by atoms with van der Waals surface area (Å²) < 4.78 is 14.1. The van der Waals surface area contributed by atoms with E-state index in [9.17, 15) is 4.39 Å². The number of aromatic nitrogens is 2. The topological polar surface area (TPSA) is 37.8 Å². The van der Waals surface area contributed by atoms with Crippen molar-refractivity contribution in [3.63, 3.8) is 0 Å². The molecule has 2 aromatic carbocycles. The van der Waals surface area contributed by atoms with Crippen LogP contribution < -0.4 is 5.32 Å². The molecule has 1 N–H and O–H groups in total. The average Bonchev–Trinajstić information content (AvgIpc) is 3.06. The van der Waals surface area contributed by atoms with Crippen LogP contribution in [0.4, 0.5) is 10.2 Å². The molecule has 0 aliphatic carbocycles. The quantitative estimate of drug-likeness (QED) is 0.535. The molecule has 5 heteroatoms. The van der Waals surface area contributed by atoms with E-state index in [1.54, 1.807) is 29.8 Å². The summed E-state index contributed by atoms with van der Waals surface area (Å²) in [5.41, 5.74) is 4.32. The van der Waals surface area contributed by atoms with Gasteiger partial charge in [-0.05, 0) is 36.2 Å². The van der Waals surface area contributed by atoms with Crippen molar-refractivity contribution in [2.75, 3.05) is 5.32 Å². The van der Waals surface area contributed by atoms with Crippen molar-refractivity contribution < 1.29 is 4.39 Å². The van der Waals surface area contributed by atoms with Crippen LogP contribution >= 0.6 is 11.3 Å². The highest BCUT2D eigenvalue weighted by molar-refractivity contribution is 7.22. The number of hydrogen-bond acceptors (Lipinski definition) is 4. The van der Waals surface area contributed by atoms with Crippen molar-refractivity contribution in [3.8, 4) is 10.4 Å². The minimum atomic E-state index is -0.231. The number of thiophene rings is 1. The zero-order valence-corrected chi connectivity index (χ0v) is 14.5. The third-order valence-electron chi connectivity index (χ3n) is 4.02. The molecule has 0 fully saturated rings. The first-order valence-corrected chi connectivity index (χ1v) is 8.80. The summed E-state index contributed by atoms with van der Waals surface area (Å²) in [5, 5.41) is 3.40. The standard InChI is InChI=1S/C20H16FN3S/c1-13-2-4-14(5-3-13)11-22-20-19-17(23-12-24-20)10-18(25-19)15-6-8-16(21)9-7-15/h2-10,12H,11H2,1H3,(H,22,23,24). The van der Waals surface area contributed by atoms with Crippen molar-refractivity contribution in [2.24, 2.45) is 0 Å². The van der Waals surface area contributed by atoms with E-state index in [1.807, 2.05) is 6.07 Å². The lowest BCUT2D eigenvalue weighted by atomic mass is 10.1. The molecule has 0 unspecified atom stereocenters. The van der Waals surface area contributed by atoms with Gasteiger partial charge in [-0.2, -0.15) is 0 Å². The first-order chi connectivity index (χ1) is 12.2. The summed E-state index contributed by atoms with van der Waals surface area (Å²) in [6.07, 6.45) is 1.57. The molecule has 0 spiro atoms. The maximum atomic E-state index is 13.1. The second kappa shape index (κ2) is 6.61. The predicted molar refractivity (Wildman–Crippen MR) is 101 cm³/mol. The number of nitrogens with one attached hydrogen (secondary N) is 1. The highest BCUT2D eigenvalue weighted by Crippen LogP contribution is 2.35. The maximum Gasteiger partial charge on any atom is 0.147 e. The van der Waals surface area contributed by atoms with Crippen LogP contribution in [0, 0.1) is 12.7 Å². The molecule has 0 bridgehead atoms. The average molecular weight is 349 g/mol. The Kier molecular flexibility index (Phi) is 4.15. The molecule has 124 valence electrons. The molecule has 2 aromatic heterocycles. The van der Waals surface area contributed by atoms with E-state index in [-0.39, 0.29) is 5.82 Å². The lowest BCUT2D eigenvalue weighted by molar-refractivity contribution is 0.628. The number of hydrogen-bond donors (Lipinski definition) is 1. The van der Waals surface area contributed by atoms with Crippen molar-refractivity contribution in [2.45, 2.75) is 13.5 Å². The van der Waals surface area contributed by atoms with Gasteiger partial charge in [0.25, 0.3) is 0 Å². The SMILES string of the molecule is Cc1ccc(CNc2ncnc3cc(-c4ccc(F)cc4)sc23)cc1. The number of nitrogens with zero attached hydrogens (tertiary/aromatic N) is 2. The largest absolute Gasteiger partial charge is 0.365 e. The number of fused-ring (bicyclic) bond motifs is 1. The lowest BCUT2D eigenvalue weighted by Crippen LogP contribution is -2.01. The summed E-state index contributed by atoms with van der Waals surface area (Å²) >= 11 is 1.61. The van der Waals surface area contributed by atoms with Gasteiger partial charge < -0.3 is 5.32 Å². The smallest absolute Gasteiger partial charge is 0.147 e. The van der Waals surface area contributed by atoms with E-state index < -0.39 is 0 Å². The van der Waals surface area contributed by atoms with Gasteiger partial charge in [-0.3, -0.25) is 0 Å². The third kappa shape index (κ3) is 3.37. The summed E-state index contributed by atoms with van der Waals surface area (Å²) in [5.74, 6) is 0.592. The molecule has 0 radical (unpaired) electrons. The fourth-order valence-electron chi connectivity index (χ4n) is 2.63. The number of halogens is 1. The lowest BCUT2D eigenvalue weighted by Gasteiger charge is -2.06. The normalized spacial score (nSPS) is 11.0. The molecule has 25 heavy (non-hydrogen) atoms. The number of benzene rings is 2. The van der Waals surface area contributed by atoms with E-state index >= 15 is 0 Å². The summed E-state index contributed by atoms with van der Waals surface area (Å²) in [4.78, 5) is 9.80. The van der Waals surface area contributed by atoms with Crippen molar-refractivity contribution in [1.82, 2.24) is 9.97 Å². The third-order valence-corrected chi connectivity index (χ3v) is 5.20. The second-order valence-corrected chi connectivity index (χ2v) is 6.95. The van der Waals surface area contributed by atoms with Crippen LogP contribution in [-0.4, -0.2) is 9.97 Å². The zero-order valence-electron chi connectivity index (χ0n) is 13.7. The van der Waals surface area contributed by atoms with Crippen LogP contribution in [0.15, 0.2) is 60.9 Å². The zero-order chi connectivity index (χ0) is 17.2. The van der Waals surface area contributed by atoms with Crippen LogP contribution in [0.2, 0.25) is 0 Å². The Balaban J connectivity index is 1.63. The Labute approximate surface area is 149 Å². The van der Waals surface area contributed by atoms with Crippen LogP contribution in [0.5, 0.6) is 0 Å². The van der Waals surface area contributed by atoms with Crippen LogP contribution in [0.1, 0.15) is 11.1 Å². The first-order valence-electron chi connectivity index (χ1n) is 7.99. The number of rotatable bonds is 4. The Morgan fingerprint density at radius 3 is 2.52 bits per heavy atom. The minimum Gasteiger partial charge on any atom is -0.365 e. The molecule has 0 atom stereocenters. The Morgan fingerprint density at radius 2 is 1.76 bits per heavy atom. The second-order valence-electron chi connectivity index (χ2n) is 5.89. The van der Waals surface area contributed by atoms with Crippen LogP contribution in [0.3, 0.4) is 0 Å². The molecule has 4 rings (SSSR count). The minimum absolute atomic E-state index is 0.231. The monoisotopic (exact) mass is 349 g/mol. The van der Waals surface area contributed by atoms with Crippen molar-refractivity contribution in [3.05, 3.63) is 77.9 Å². The molecular weight excluding hydrogens is 333 g/mol. The van der Waals surface area contributed by atoms with Gasteiger partial charge in [0.2, 0.25) is 0 Å². The van der Waals surface area contributed by atoms with E-state index in [0.29, 0.717) is 6.54 Å². The van der Waals surface area contributed by atoms with Gasteiger partial charge in [-0.15, -0.1) is 11.3 Å². The molecule has 0 amide bonds. The molecule has 0 saturated heterocycles. The summed E-state index contributed by atoms with van der Waals surface area (Å²) in [7, 11) is 0. The molecule has 3 nitrogen and oxygen atoms in total. The van der Waals surface area contributed by atoms with Gasteiger partial charge in [-0.25, -0.2) is 14.4 Å². The van der Waals surface area contributed by atoms with Crippen molar-refractivity contribution >= 4 is 27.4 Å². The highest BCUT2D eigenvalue weighted by atomic mass is 32.1. The predicted octanol–water partition coefficient (Wildman–Crippen LogP) is 5.42. The van der Waals surface area contributed by atoms with Crippen LogP contribution in [-0.2, 0) is 6.54 Å². The van der Waals surface area contributed by atoms with Gasteiger partial charge in [0, 0.05) is 11.4 Å². The summed E-state index contributed by atoms with van der Waals surface area (Å²) in [6, 6.07) is 17.0. The molecule has 0 saturated carbocycles. The molecular formula is C20H16FN3S. The fourth-order valence-corrected chi connectivity index (χ4v) is 3.71. The maximum absolute atomic E-state index is 13.1. The summed E-state index contributed by atoms with van der Waals surface area (Å²) in [6.45, 7) is 2.78. The first kappa shape index (κ1) is 15.7. The molecule has 0 aliphatic rings. The van der Waals surface area contributed by atoms with Gasteiger partial charge in [0.1, 0.15) is 18.0 Å². The molecule has 4 aromatic rings. The number of aryl methyl sites for hydroxylation is 1. The van der Waals surface area contributed by atoms with E-state index in [2.05, 4.69) is 46.5 Å². The van der Waals surface area contributed by atoms with E-state index in [4.69, 9.17) is 0 Å². The van der Waals surface area contributed by atoms with Crippen LogP contribution in [0.25, 0.3) is 20.7 Å². The Bertz CT molecular complexity index is 1010. The van der Waals surface area contributed by atoms with Crippen molar-refractivity contribution in [1.29, 1.82) is 0 Å². The van der Waals surface area contributed by atoms with Gasteiger partial charge in [-0.1, -0.05) is 42.0 Å². The van der Waals surface area contributed by atoms with Gasteiger partial charge in [0.05, 0.1) is 10.2 Å². The van der Waals surface area contributed by atoms with Gasteiger partial charge >= 0.3 is 0 Å². The molecule has 2 heterocycles. The van der Waals surface area contributed by atoms with E-state index in [1.165, 1.54) is 23.3 Å². The number of anilines is 1. The molecule has 0 aliphatic heterocycles.